The van der Waals surface area contributed by atoms with Gasteiger partial charge in [0.15, 0.2) is 6.61 Å². The fourth-order valence-electron chi connectivity index (χ4n) is 2.74. The van der Waals surface area contributed by atoms with Gasteiger partial charge in [0.05, 0.1) is 31.0 Å². The average Bonchev–Trinajstić information content (AvgIpc) is 3.46. The first-order chi connectivity index (χ1) is 21.1. The average molecular weight is 619 g/mol. The number of cyclic esters (lactones) is 2. The van der Waals surface area contributed by atoms with E-state index >= 15 is 0 Å². The van der Waals surface area contributed by atoms with E-state index in [2.05, 4.69) is 50.2 Å². The predicted octanol–water partition coefficient (Wildman–Crippen LogP) is -1.05. The van der Waals surface area contributed by atoms with Gasteiger partial charge in [-0.1, -0.05) is 11.8 Å². The van der Waals surface area contributed by atoms with Crippen molar-refractivity contribution in [2.24, 2.45) is 0 Å². The summed E-state index contributed by atoms with van der Waals surface area (Å²) in [6, 6.07) is 0. The quantitative estimate of drug-likeness (QED) is 0.0707. The minimum absolute atomic E-state index is 0. The molecule has 0 saturated carbocycles. The Hall–Kier alpha value is -2.62. The van der Waals surface area contributed by atoms with Crippen LogP contribution in [-0.2, 0) is 47.6 Å². The van der Waals surface area contributed by atoms with E-state index < -0.39 is 30.0 Å². The Labute approximate surface area is 276 Å². The Morgan fingerprint density at radius 2 is 1.44 bits per heavy atom. The Kier molecular flexibility index (Phi) is 30.5. The number of rotatable bonds is 6. The number of epoxide rings is 1. The molecule has 232 valence electrons. The minimum atomic E-state index is -0.740. The normalized spacial score (nSPS) is 21.0. The monoisotopic (exact) mass is 618 g/mol. The van der Waals surface area contributed by atoms with E-state index in [-0.39, 0.29) is 42.9 Å². The van der Waals surface area contributed by atoms with Crippen LogP contribution in [0, 0.1) is 24.7 Å². The molecule has 6 radical (unpaired) electrons. The van der Waals surface area contributed by atoms with Gasteiger partial charge < -0.3 is 58.1 Å². The van der Waals surface area contributed by atoms with Crippen LogP contribution < -0.4 is 0 Å². The summed E-state index contributed by atoms with van der Waals surface area (Å²) in [5.41, 5.74) is 0. The van der Waals surface area contributed by atoms with Gasteiger partial charge in [0.1, 0.15) is 13.2 Å². The zero-order chi connectivity index (χ0) is 34.2. The molecule has 12 nitrogen and oxygen atoms in total. The van der Waals surface area contributed by atoms with E-state index in [0.29, 0.717) is 18.3 Å². The molecular formula is C28H40B2MgO12. The first kappa shape index (κ1) is 42.5. The van der Waals surface area contributed by atoms with Gasteiger partial charge in [-0.3, -0.25) is 0 Å². The van der Waals surface area contributed by atoms with Crippen LogP contribution in [0.5, 0.6) is 0 Å². The van der Waals surface area contributed by atoms with Gasteiger partial charge in [-0.25, -0.2) is 19.2 Å². The smallest absolute Gasteiger partial charge is 0.652 e. The Balaban J connectivity index is -0.000000242. The van der Waals surface area contributed by atoms with Crippen LogP contribution in [-0.4, -0.2) is 141 Å². The Morgan fingerprint density at radius 3 is 1.70 bits per heavy atom. The minimum Gasteiger partial charge on any atom is -0.652 e. The van der Waals surface area contributed by atoms with Crippen LogP contribution >= 0.6 is 0 Å². The number of hydrogen-bond donors (Lipinski definition) is 2. The predicted molar refractivity (Wildman–Crippen MR) is 161 cm³/mol. The maximum Gasteiger partial charge on any atom is 2.00 e. The summed E-state index contributed by atoms with van der Waals surface area (Å²) in [6.07, 6.45) is 18.9. The summed E-state index contributed by atoms with van der Waals surface area (Å²) in [5, 5.41) is 16.4. The standard InChI is InChI=1S/C10H12O5.C8H14O2.C4H2O3.C3H6O.C3H4O.2BH.Mg/c1-3-6-14-9(12)4-5-10(13)15-7-8(2)11;1-3-7(9-5-1)8-4-2-6-10-8;5-3-1-2-4(6)7-3;1-3-2-4-3;1-2-3-4;;;/h1,4-5,8,11H,6-7H2,2H3;7-8H,1-6H2;1-2H;3H,2H2,1H3;1,4H,3H2;2*1H;/q;;;;;2*-1;+2/b5-4-;;;;;;;/i;;;;;2*1T;. The Morgan fingerprint density at radius 1 is 1.02 bits per heavy atom. The second-order valence-corrected chi connectivity index (χ2v) is 8.31. The number of aliphatic hydroxyl groups excluding tert-OH is 2. The van der Waals surface area contributed by atoms with Crippen LogP contribution in [0.15, 0.2) is 24.3 Å². The molecule has 15 heteroatoms. The van der Waals surface area contributed by atoms with Gasteiger partial charge in [-0.05, 0) is 39.5 Å². The molecule has 4 aliphatic heterocycles. The molecule has 43 heavy (non-hydrogen) atoms. The van der Waals surface area contributed by atoms with Crippen molar-refractivity contribution in [3.63, 3.8) is 0 Å². The van der Waals surface area contributed by atoms with E-state index in [1.807, 2.05) is 5.92 Å². The van der Waals surface area contributed by atoms with Crippen molar-refractivity contribution in [1.29, 1.82) is 2.67 Å². The molecule has 4 rings (SSSR count). The van der Waals surface area contributed by atoms with Gasteiger partial charge in [0, 0.05) is 37.5 Å². The summed E-state index contributed by atoms with van der Waals surface area (Å²) in [6.45, 7) is 5.99. The second kappa shape index (κ2) is 30.8. The molecular weight excluding hydrogens is 574 g/mol. The number of terminal acetylenes is 2. The molecule has 4 atom stereocenters. The fraction of sp³-hybridized carbons (Fsp3) is 0.571. The molecule has 4 unspecified atom stereocenters. The van der Waals surface area contributed by atoms with Crippen molar-refractivity contribution in [2.45, 2.75) is 63.9 Å². The largest absolute Gasteiger partial charge is 2.00 e. The maximum absolute atomic E-state index is 10.9. The van der Waals surface area contributed by atoms with Gasteiger partial charge in [-0.15, -0.1) is 12.8 Å². The summed E-state index contributed by atoms with van der Waals surface area (Å²) in [7, 11) is 7.50. The number of esters is 4. The fourth-order valence-corrected chi connectivity index (χ4v) is 2.74. The molecule has 0 amide bonds. The van der Waals surface area contributed by atoms with Crippen molar-refractivity contribution < 1.29 is 57.8 Å². The molecule has 0 aromatic carbocycles. The van der Waals surface area contributed by atoms with Gasteiger partial charge >= 0.3 is 46.9 Å². The van der Waals surface area contributed by atoms with E-state index in [1.165, 1.54) is 32.6 Å². The molecule has 4 aliphatic rings. The SMILES string of the molecule is C#CCO.C#CCOC(=O)/C=C\C(=O)OCC(C)O.C1COC(C2CCCO2)C1.CC1CO1.O=C1C=CC(=O)O1.[3H][B-].[3H][B-].[Mg+2]. The first-order valence-electron chi connectivity index (χ1n) is 13.7. The molecule has 0 aromatic rings. The van der Waals surface area contributed by atoms with Crippen LogP contribution in [0.1, 0.15) is 39.5 Å². The second-order valence-electron chi connectivity index (χ2n) is 8.31. The third-order valence-corrected chi connectivity index (χ3v) is 4.61. The zero-order valence-electron chi connectivity index (χ0n) is 26.7. The maximum atomic E-state index is 10.9. The van der Waals surface area contributed by atoms with Crippen molar-refractivity contribution in [3.8, 4) is 24.7 Å². The number of ether oxygens (including phenoxy) is 6. The number of hydrogen-bond acceptors (Lipinski definition) is 12. The van der Waals surface area contributed by atoms with Crippen LogP contribution in [0.25, 0.3) is 0 Å². The third-order valence-electron chi connectivity index (χ3n) is 4.61. The number of carbonyl (C=O) groups excluding carboxylic acids is 4. The molecule has 0 spiro atoms. The summed E-state index contributed by atoms with van der Waals surface area (Å²) in [5.74, 6) is 1.48. The van der Waals surface area contributed by atoms with Crippen LogP contribution in [0.2, 0.25) is 0 Å². The summed E-state index contributed by atoms with van der Waals surface area (Å²) >= 11 is 0. The van der Waals surface area contributed by atoms with E-state index in [0.717, 1.165) is 44.1 Å². The zero-order valence-corrected chi connectivity index (χ0v) is 26.1. The van der Waals surface area contributed by atoms with Gasteiger partial charge in [0.2, 0.25) is 0 Å². The molecule has 4 heterocycles. The molecule has 2 N–H and O–H groups in total. The van der Waals surface area contributed by atoms with E-state index in [9.17, 15) is 19.2 Å². The van der Waals surface area contributed by atoms with Crippen LogP contribution in [0.3, 0.4) is 0 Å². The summed E-state index contributed by atoms with van der Waals surface area (Å²) in [4.78, 5) is 41.5. The first-order valence-corrected chi connectivity index (χ1v) is 12.6. The molecule has 3 saturated heterocycles. The Bertz CT molecular complexity index is 893. The van der Waals surface area contributed by atoms with E-state index in [4.69, 9.17) is 33.5 Å². The molecule has 0 aliphatic carbocycles. The van der Waals surface area contributed by atoms with Gasteiger partial charge in [-0.2, -0.15) is 0 Å². The summed E-state index contributed by atoms with van der Waals surface area (Å²) < 4.78 is 39.2. The van der Waals surface area contributed by atoms with E-state index in [1.54, 1.807) is 0 Å². The number of aliphatic hydroxyl groups is 2. The molecule has 0 aromatic heterocycles. The topological polar surface area (TPSA) is 167 Å². The third kappa shape index (κ3) is 30.6. The van der Waals surface area contributed by atoms with Crippen molar-refractivity contribution in [1.82, 2.24) is 0 Å². The van der Waals surface area contributed by atoms with Crippen molar-refractivity contribution >= 4 is 63.7 Å². The molecule has 3 fully saturated rings. The number of carbonyl (C=O) groups is 4. The van der Waals surface area contributed by atoms with Crippen LogP contribution in [0.4, 0.5) is 0 Å². The van der Waals surface area contributed by atoms with Crippen molar-refractivity contribution in [2.75, 3.05) is 39.6 Å². The van der Waals surface area contributed by atoms with Gasteiger partial charge in [0.25, 0.3) is 0 Å². The van der Waals surface area contributed by atoms with Crippen molar-refractivity contribution in [3.05, 3.63) is 24.3 Å². The molecule has 0 bridgehead atoms.